The molecule has 0 aliphatic rings. The maximum atomic E-state index is 14.8. The second-order valence-corrected chi connectivity index (χ2v) is 6.59. The molecule has 2 aromatic carbocycles. The minimum Gasteiger partial charge on any atom is -0.203 e. The van der Waals surface area contributed by atoms with Gasteiger partial charge in [-0.25, -0.2) is 4.68 Å². The van der Waals surface area contributed by atoms with E-state index in [0.717, 1.165) is 27.9 Å². The van der Waals surface area contributed by atoms with Crippen molar-refractivity contribution in [3.05, 3.63) is 83.2 Å². The summed E-state index contributed by atoms with van der Waals surface area (Å²) in [6.45, 7) is 3.64. The molecule has 6 heteroatoms. The molecule has 3 nitrogen and oxygen atoms in total. The van der Waals surface area contributed by atoms with Crippen LogP contribution in [0, 0.1) is 0 Å². The van der Waals surface area contributed by atoms with Gasteiger partial charge in [-0.15, -0.1) is 16.4 Å². The van der Waals surface area contributed by atoms with E-state index in [-0.39, 0.29) is 10.4 Å². The minimum absolute atomic E-state index is 0.0339. The number of hydrogen-bond donors (Lipinski definition) is 0. The first-order chi connectivity index (χ1) is 12.1. The zero-order chi connectivity index (χ0) is 17.4. The van der Waals surface area contributed by atoms with Crippen LogP contribution in [0.4, 0.5) is 8.78 Å². The molecule has 4 rings (SSSR count). The van der Waals surface area contributed by atoms with E-state index in [1.807, 2.05) is 24.3 Å². The van der Waals surface area contributed by atoms with Gasteiger partial charge in [0.05, 0.1) is 10.4 Å². The number of thiophene rings is 1. The van der Waals surface area contributed by atoms with E-state index in [9.17, 15) is 8.78 Å². The van der Waals surface area contributed by atoms with Crippen molar-refractivity contribution in [1.29, 1.82) is 0 Å². The zero-order valence-electron chi connectivity index (χ0n) is 13.1. The van der Waals surface area contributed by atoms with Crippen LogP contribution in [0.3, 0.4) is 0 Å². The number of benzene rings is 2. The van der Waals surface area contributed by atoms with Crippen molar-refractivity contribution in [2.45, 2.75) is 5.92 Å². The van der Waals surface area contributed by atoms with Crippen molar-refractivity contribution < 1.29 is 8.78 Å². The van der Waals surface area contributed by atoms with Crippen LogP contribution >= 0.6 is 11.3 Å². The van der Waals surface area contributed by atoms with Crippen LogP contribution in [-0.4, -0.2) is 15.0 Å². The van der Waals surface area contributed by atoms with Gasteiger partial charge in [-0.1, -0.05) is 54.3 Å². The summed E-state index contributed by atoms with van der Waals surface area (Å²) >= 11 is 1.01. The van der Waals surface area contributed by atoms with E-state index >= 15 is 0 Å². The molecule has 0 fully saturated rings. The van der Waals surface area contributed by atoms with E-state index in [1.165, 1.54) is 18.2 Å². The van der Waals surface area contributed by atoms with Crippen molar-refractivity contribution >= 4 is 28.4 Å². The van der Waals surface area contributed by atoms with Crippen molar-refractivity contribution in [3.63, 3.8) is 0 Å². The fourth-order valence-corrected chi connectivity index (χ4v) is 3.58. The molecule has 2 heterocycles. The van der Waals surface area contributed by atoms with Gasteiger partial charge in [0.15, 0.2) is 0 Å². The Kier molecular flexibility index (Phi) is 3.69. The number of nitrogens with zero attached hydrogens (tertiary/aromatic N) is 3. The fourth-order valence-electron chi connectivity index (χ4n) is 2.61. The number of fused-ring (bicyclic) bond motifs is 1. The Morgan fingerprint density at radius 3 is 2.52 bits per heavy atom. The summed E-state index contributed by atoms with van der Waals surface area (Å²) in [5, 5.41) is 8.75. The number of halogens is 2. The maximum Gasteiger partial charge on any atom is 0.307 e. The van der Waals surface area contributed by atoms with E-state index < -0.39 is 5.92 Å². The van der Waals surface area contributed by atoms with Crippen LogP contribution in [-0.2, 0) is 5.92 Å². The van der Waals surface area contributed by atoms with Gasteiger partial charge in [-0.3, -0.25) is 0 Å². The fraction of sp³-hybridized carbons (Fsp3) is 0.0526. The number of hydrogen-bond acceptors (Lipinski definition) is 3. The molecule has 0 aliphatic carbocycles. The van der Waals surface area contributed by atoms with Gasteiger partial charge in [0, 0.05) is 5.56 Å². The molecule has 2 aromatic heterocycles. The molecule has 0 aliphatic heterocycles. The molecule has 0 saturated carbocycles. The monoisotopic (exact) mass is 353 g/mol. The SMILES string of the molecule is C=Cc1ccc(C(F)(F)c2ccc(-n3nnc4ccccc43)s2)cc1. The number of rotatable bonds is 4. The molecule has 0 radical (unpaired) electrons. The molecule has 4 aromatic rings. The third-order valence-electron chi connectivity index (χ3n) is 3.97. The van der Waals surface area contributed by atoms with Crippen LogP contribution in [0.2, 0.25) is 0 Å². The van der Waals surface area contributed by atoms with E-state index in [1.54, 1.807) is 29.0 Å². The van der Waals surface area contributed by atoms with E-state index in [2.05, 4.69) is 16.9 Å². The zero-order valence-corrected chi connectivity index (χ0v) is 13.9. The number of aromatic nitrogens is 3. The predicted octanol–water partition coefficient (Wildman–Crippen LogP) is 5.27. The van der Waals surface area contributed by atoms with Gasteiger partial charge in [0.1, 0.15) is 10.5 Å². The first-order valence-electron chi connectivity index (χ1n) is 7.61. The molecular weight excluding hydrogens is 340 g/mol. The summed E-state index contributed by atoms with van der Waals surface area (Å²) in [5.74, 6) is -3.07. The highest BCUT2D eigenvalue weighted by atomic mass is 32.1. The van der Waals surface area contributed by atoms with E-state index in [0.29, 0.717) is 5.00 Å². The van der Waals surface area contributed by atoms with Crippen LogP contribution in [0.15, 0.2) is 67.2 Å². The Bertz CT molecular complexity index is 1050. The summed E-state index contributed by atoms with van der Waals surface area (Å²) in [6.07, 6.45) is 1.63. The lowest BCUT2D eigenvalue weighted by molar-refractivity contribution is 0.0469. The highest BCUT2D eigenvalue weighted by Gasteiger charge is 2.35. The Labute approximate surface area is 146 Å². The smallest absolute Gasteiger partial charge is 0.203 e. The van der Waals surface area contributed by atoms with Crippen LogP contribution in [0.5, 0.6) is 0 Å². The molecular formula is C19H13F2N3S. The Morgan fingerprint density at radius 2 is 1.76 bits per heavy atom. The maximum absolute atomic E-state index is 14.8. The second-order valence-electron chi connectivity index (χ2n) is 5.53. The number of para-hydroxylation sites is 1. The average molecular weight is 353 g/mol. The van der Waals surface area contributed by atoms with Crippen LogP contribution < -0.4 is 0 Å². The van der Waals surface area contributed by atoms with Crippen LogP contribution in [0.1, 0.15) is 16.0 Å². The molecule has 0 bridgehead atoms. The first-order valence-corrected chi connectivity index (χ1v) is 8.43. The number of alkyl halides is 2. The standard InChI is InChI=1S/C19H13F2N3S/c1-2-13-7-9-14(10-8-13)19(20,21)17-11-12-18(25-17)24-16-6-4-3-5-15(16)22-23-24/h2-12H,1H2. The lowest BCUT2D eigenvalue weighted by atomic mass is 10.0. The van der Waals surface area contributed by atoms with Gasteiger partial charge < -0.3 is 0 Å². The van der Waals surface area contributed by atoms with Crippen molar-refractivity contribution in [2.24, 2.45) is 0 Å². The van der Waals surface area contributed by atoms with Gasteiger partial charge in [0.25, 0.3) is 0 Å². The molecule has 25 heavy (non-hydrogen) atoms. The lowest BCUT2D eigenvalue weighted by Crippen LogP contribution is -2.13. The van der Waals surface area contributed by atoms with Gasteiger partial charge in [-0.2, -0.15) is 8.78 Å². The lowest BCUT2D eigenvalue weighted by Gasteiger charge is -2.15. The highest BCUT2D eigenvalue weighted by Crippen LogP contribution is 2.40. The predicted molar refractivity (Wildman–Crippen MR) is 96.3 cm³/mol. The molecule has 0 saturated heterocycles. The third kappa shape index (κ3) is 2.64. The van der Waals surface area contributed by atoms with Crippen LogP contribution in [0.25, 0.3) is 22.1 Å². The van der Waals surface area contributed by atoms with Gasteiger partial charge >= 0.3 is 5.92 Å². The Hall–Kier alpha value is -2.86. The summed E-state index contributed by atoms with van der Waals surface area (Å²) in [5.41, 5.74) is 2.27. The molecule has 0 spiro atoms. The highest BCUT2D eigenvalue weighted by molar-refractivity contribution is 7.14. The topological polar surface area (TPSA) is 30.7 Å². The molecule has 124 valence electrons. The summed E-state index contributed by atoms with van der Waals surface area (Å²) in [7, 11) is 0. The molecule has 0 atom stereocenters. The first kappa shape index (κ1) is 15.7. The quantitative estimate of drug-likeness (QED) is 0.501. The van der Waals surface area contributed by atoms with Gasteiger partial charge in [-0.05, 0) is 29.8 Å². The second kappa shape index (κ2) is 5.89. The summed E-state index contributed by atoms with van der Waals surface area (Å²) < 4.78 is 31.2. The molecule has 0 amide bonds. The average Bonchev–Trinajstić information content (AvgIpc) is 3.28. The molecule has 0 N–H and O–H groups in total. The third-order valence-corrected chi connectivity index (χ3v) is 5.10. The van der Waals surface area contributed by atoms with Crippen molar-refractivity contribution in [2.75, 3.05) is 0 Å². The Balaban J connectivity index is 1.73. The normalized spacial score (nSPS) is 11.8. The summed E-state index contributed by atoms with van der Waals surface area (Å²) in [4.78, 5) is -0.0339. The van der Waals surface area contributed by atoms with Gasteiger partial charge in [0.2, 0.25) is 0 Å². The largest absolute Gasteiger partial charge is 0.307 e. The Morgan fingerprint density at radius 1 is 1.00 bits per heavy atom. The van der Waals surface area contributed by atoms with Crippen molar-refractivity contribution in [1.82, 2.24) is 15.0 Å². The minimum atomic E-state index is -3.07. The van der Waals surface area contributed by atoms with Crippen molar-refractivity contribution in [3.8, 4) is 5.00 Å². The molecule has 0 unspecified atom stereocenters. The summed E-state index contributed by atoms with van der Waals surface area (Å²) in [6, 6.07) is 16.7. The van der Waals surface area contributed by atoms with E-state index in [4.69, 9.17) is 0 Å².